The highest BCUT2D eigenvalue weighted by Gasteiger charge is 2.10. The zero-order valence-electron chi connectivity index (χ0n) is 16.9. The third-order valence-corrected chi connectivity index (χ3v) is 4.80. The Morgan fingerprint density at radius 1 is 0.968 bits per heavy atom. The molecule has 3 rings (SSSR count). The number of nitrogens with one attached hydrogen (secondary N) is 1. The lowest BCUT2D eigenvalue weighted by atomic mass is 10.2. The van der Waals surface area contributed by atoms with E-state index >= 15 is 0 Å². The Hall–Kier alpha value is -3.22. The van der Waals surface area contributed by atoms with E-state index < -0.39 is 0 Å². The number of ether oxygens (including phenoxy) is 3. The number of carbonyl (C=O) groups is 1. The second-order valence-electron chi connectivity index (χ2n) is 6.38. The molecule has 0 heterocycles. The summed E-state index contributed by atoms with van der Waals surface area (Å²) in [6.45, 7) is 0.342. The highest BCUT2D eigenvalue weighted by molar-refractivity contribution is 6.32. The Morgan fingerprint density at radius 2 is 1.74 bits per heavy atom. The van der Waals surface area contributed by atoms with Crippen LogP contribution in [0.1, 0.15) is 21.5 Å². The first-order valence-corrected chi connectivity index (χ1v) is 9.98. The zero-order chi connectivity index (χ0) is 22.2. The van der Waals surface area contributed by atoms with Gasteiger partial charge in [0.25, 0.3) is 5.91 Å². The fraction of sp³-hybridized carbons (Fsp3) is 0.130. The van der Waals surface area contributed by atoms with Crippen molar-refractivity contribution in [2.45, 2.75) is 6.61 Å². The Labute approximate surface area is 190 Å². The van der Waals surface area contributed by atoms with Crippen molar-refractivity contribution in [3.8, 4) is 17.2 Å². The molecule has 0 aliphatic rings. The molecule has 31 heavy (non-hydrogen) atoms. The van der Waals surface area contributed by atoms with Crippen LogP contribution in [0.15, 0.2) is 65.8 Å². The molecule has 0 aliphatic carbocycles. The molecule has 0 spiro atoms. The number of hydrazone groups is 1. The van der Waals surface area contributed by atoms with E-state index in [2.05, 4.69) is 10.5 Å². The Morgan fingerprint density at radius 3 is 2.45 bits per heavy atom. The summed E-state index contributed by atoms with van der Waals surface area (Å²) in [6.07, 6.45) is 1.49. The van der Waals surface area contributed by atoms with Gasteiger partial charge in [-0.3, -0.25) is 4.79 Å². The number of methoxy groups -OCH3 is 2. The number of hydrogen-bond donors (Lipinski definition) is 1. The summed E-state index contributed by atoms with van der Waals surface area (Å²) < 4.78 is 16.1. The molecule has 1 N–H and O–H groups in total. The van der Waals surface area contributed by atoms with Gasteiger partial charge in [0.15, 0.2) is 11.5 Å². The van der Waals surface area contributed by atoms with Crippen molar-refractivity contribution in [3.63, 3.8) is 0 Å². The van der Waals surface area contributed by atoms with Crippen molar-refractivity contribution in [2.24, 2.45) is 5.10 Å². The monoisotopic (exact) mass is 458 g/mol. The molecule has 0 saturated heterocycles. The predicted molar refractivity (Wildman–Crippen MR) is 122 cm³/mol. The van der Waals surface area contributed by atoms with E-state index in [1.807, 2.05) is 18.2 Å². The molecule has 160 valence electrons. The van der Waals surface area contributed by atoms with Crippen LogP contribution in [0.5, 0.6) is 17.2 Å². The number of hydrogen-bond acceptors (Lipinski definition) is 5. The molecule has 0 unspecified atom stereocenters. The summed E-state index contributed by atoms with van der Waals surface area (Å²) >= 11 is 12.3. The molecule has 0 atom stereocenters. The molecule has 0 aliphatic heterocycles. The van der Waals surface area contributed by atoms with Gasteiger partial charge in [-0.2, -0.15) is 5.10 Å². The molecule has 3 aromatic carbocycles. The predicted octanol–water partition coefficient (Wildman–Crippen LogP) is 5.35. The van der Waals surface area contributed by atoms with Gasteiger partial charge in [-0.15, -0.1) is 0 Å². The van der Waals surface area contributed by atoms with Crippen LogP contribution in [-0.2, 0) is 6.61 Å². The van der Waals surface area contributed by atoms with Gasteiger partial charge in [0.05, 0.1) is 25.5 Å². The fourth-order valence-corrected chi connectivity index (χ4v) is 3.17. The van der Waals surface area contributed by atoms with Crippen LogP contribution in [0.25, 0.3) is 0 Å². The SMILES string of the molecule is COc1ccc(C(=O)N/N=C/c2ccc(OCc3cccc(Cl)c3)c(Cl)c2)cc1OC. The summed E-state index contributed by atoms with van der Waals surface area (Å²) in [4.78, 5) is 12.3. The summed E-state index contributed by atoms with van der Waals surface area (Å²) in [6, 6.07) is 17.5. The maximum absolute atomic E-state index is 12.3. The number of amides is 1. The van der Waals surface area contributed by atoms with Gasteiger partial charge in [-0.25, -0.2) is 5.43 Å². The van der Waals surface area contributed by atoms with Crippen molar-refractivity contribution in [1.82, 2.24) is 5.43 Å². The Bertz CT molecular complexity index is 1100. The van der Waals surface area contributed by atoms with Crippen LogP contribution in [0, 0.1) is 0 Å². The van der Waals surface area contributed by atoms with E-state index in [4.69, 9.17) is 37.4 Å². The van der Waals surface area contributed by atoms with Gasteiger partial charge in [0.2, 0.25) is 0 Å². The zero-order valence-corrected chi connectivity index (χ0v) is 18.4. The summed E-state index contributed by atoms with van der Waals surface area (Å²) in [5.74, 6) is 1.15. The molecule has 0 fully saturated rings. The van der Waals surface area contributed by atoms with Gasteiger partial charge in [-0.1, -0.05) is 35.3 Å². The summed E-state index contributed by atoms with van der Waals surface area (Å²) in [7, 11) is 3.03. The van der Waals surface area contributed by atoms with Crippen molar-refractivity contribution in [1.29, 1.82) is 0 Å². The van der Waals surface area contributed by atoms with Crippen molar-refractivity contribution >= 4 is 35.3 Å². The molecule has 1 amide bonds. The summed E-state index contributed by atoms with van der Waals surface area (Å²) in [5.41, 5.74) is 4.49. The number of nitrogens with zero attached hydrogens (tertiary/aromatic N) is 1. The van der Waals surface area contributed by atoms with Crippen LogP contribution in [0.4, 0.5) is 0 Å². The van der Waals surface area contributed by atoms with Gasteiger partial charge in [-0.05, 0) is 59.7 Å². The highest BCUT2D eigenvalue weighted by atomic mass is 35.5. The first-order chi connectivity index (χ1) is 15.0. The third-order valence-electron chi connectivity index (χ3n) is 4.26. The van der Waals surface area contributed by atoms with E-state index in [1.165, 1.54) is 20.4 Å². The minimum Gasteiger partial charge on any atom is -0.493 e. The van der Waals surface area contributed by atoms with Gasteiger partial charge < -0.3 is 14.2 Å². The van der Waals surface area contributed by atoms with Gasteiger partial charge in [0, 0.05) is 10.6 Å². The average molecular weight is 459 g/mol. The van der Waals surface area contributed by atoms with Crippen LogP contribution in [0.3, 0.4) is 0 Å². The number of benzene rings is 3. The van der Waals surface area contributed by atoms with E-state index in [0.29, 0.717) is 45.0 Å². The van der Waals surface area contributed by atoms with Crippen LogP contribution in [0.2, 0.25) is 10.0 Å². The largest absolute Gasteiger partial charge is 0.493 e. The van der Waals surface area contributed by atoms with Crippen molar-refractivity contribution in [3.05, 3.63) is 87.4 Å². The Balaban J connectivity index is 1.59. The molecule has 8 heteroatoms. The van der Waals surface area contributed by atoms with Gasteiger partial charge >= 0.3 is 0 Å². The second-order valence-corrected chi connectivity index (χ2v) is 7.22. The smallest absolute Gasteiger partial charge is 0.271 e. The minimum absolute atomic E-state index is 0.342. The van der Waals surface area contributed by atoms with Crippen LogP contribution < -0.4 is 19.6 Å². The first kappa shape index (κ1) is 22.5. The normalized spacial score (nSPS) is 10.7. The molecule has 0 bridgehead atoms. The second kappa shape index (κ2) is 10.7. The molecule has 6 nitrogen and oxygen atoms in total. The fourth-order valence-electron chi connectivity index (χ4n) is 2.71. The van der Waals surface area contributed by atoms with Crippen molar-refractivity contribution < 1.29 is 19.0 Å². The maximum atomic E-state index is 12.3. The molecule has 0 radical (unpaired) electrons. The standard InChI is InChI=1S/C23H20Cl2N2O4/c1-29-21-9-7-17(12-22(21)30-2)23(28)27-26-13-15-6-8-20(19(25)11-15)31-14-16-4-3-5-18(24)10-16/h3-13H,14H2,1-2H3,(H,27,28)/b26-13+. The average Bonchev–Trinajstić information content (AvgIpc) is 2.78. The van der Waals surface area contributed by atoms with Crippen molar-refractivity contribution in [2.75, 3.05) is 14.2 Å². The third kappa shape index (κ3) is 6.13. The number of halogens is 2. The van der Waals surface area contributed by atoms with Gasteiger partial charge in [0.1, 0.15) is 12.4 Å². The van der Waals surface area contributed by atoms with E-state index in [-0.39, 0.29) is 5.91 Å². The van der Waals surface area contributed by atoms with E-state index in [9.17, 15) is 4.79 Å². The number of rotatable bonds is 8. The first-order valence-electron chi connectivity index (χ1n) is 9.22. The maximum Gasteiger partial charge on any atom is 0.271 e. The summed E-state index contributed by atoms with van der Waals surface area (Å²) in [5, 5.41) is 5.05. The molecule has 0 aromatic heterocycles. The van der Waals surface area contributed by atoms with E-state index in [1.54, 1.807) is 42.5 Å². The number of carbonyl (C=O) groups excluding carboxylic acids is 1. The minimum atomic E-state index is -0.384. The van der Waals surface area contributed by atoms with Crippen LogP contribution >= 0.6 is 23.2 Å². The lowest BCUT2D eigenvalue weighted by Gasteiger charge is -2.09. The Kier molecular flexibility index (Phi) is 7.76. The molecule has 3 aromatic rings. The topological polar surface area (TPSA) is 69.2 Å². The highest BCUT2D eigenvalue weighted by Crippen LogP contribution is 2.28. The van der Waals surface area contributed by atoms with E-state index in [0.717, 1.165) is 5.56 Å². The molecule has 0 saturated carbocycles. The molecular formula is C23H20Cl2N2O4. The molecular weight excluding hydrogens is 439 g/mol. The van der Waals surface area contributed by atoms with Crippen LogP contribution in [-0.4, -0.2) is 26.3 Å². The lowest BCUT2D eigenvalue weighted by molar-refractivity contribution is 0.0954. The lowest BCUT2D eigenvalue weighted by Crippen LogP contribution is -2.17. The quantitative estimate of drug-likeness (QED) is 0.364.